The van der Waals surface area contributed by atoms with E-state index in [4.69, 9.17) is 4.42 Å². The first-order valence-electron chi connectivity index (χ1n) is 8.19. The molecular weight excluding hydrogens is 311 g/mol. The molecule has 1 N–H and O–H groups in total. The number of hydrogen-bond donors (Lipinski definition) is 1. The second-order valence-corrected chi connectivity index (χ2v) is 6.29. The van der Waals surface area contributed by atoms with Gasteiger partial charge in [0.15, 0.2) is 0 Å². The Morgan fingerprint density at radius 2 is 2.04 bits per heavy atom. The van der Waals surface area contributed by atoms with Crippen molar-refractivity contribution in [1.29, 1.82) is 0 Å². The third kappa shape index (κ3) is 3.82. The highest BCUT2D eigenvalue weighted by Gasteiger charge is 2.25. The lowest BCUT2D eigenvalue weighted by atomic mass is 9.92. The fourth-order valence-corrected chi connectivity index (χ4v) is 3.01. The van der Waals surface area contributed by atoms with E-state index in [1.165, 1.54) is 18.4 Å². The van der Waals surface area contributed by atoms with E-state index in [0.29, 0.717) is 30.2 Å². The van der Waals surface area contributed by atoms with Crippen LogP contribution in [0.3, 0.4) is 0 Å². The molecule has 0 saturated carbocycles. The Kier molecular flexibility index (Phi) is 4.94. The molecule has 24 heavy (non-hydrogen) atoms. The highest BCUT2D eigenvalue weighted by atomic mass is 19.1. The zero-order chi connectivity index (χ0) is 17.1. The van der Waals surface area contributed by atoms with Crippen LogP contribution in [0.4, 0.5) is 4.39 Å². The standard InChI is InChI=1S/C18H21FN2O3/c1-12(22)13-6-8-21(9-7-13)17(23)10-16-11-24-18(20-16)14-2-4-15(19)5-3-14/h2-5,11-13,22H,6-10H2,1H3. The average Bonchev–Trinajstić information content (AvgIpc) is 3.04. The summed E-state index contributed by atoms with van der Waals surface area (Å²) in [5.41, 5.74) is 1.24. The number of rotatable bonds is 4. The number of aromatic nitrogens is 1. The van der Waals surface area contributed by atoms with Crippen molar-refractivity contribution < 1.29 is 18.7 Å². The summed E-state index contributed by atoms with van der Waals surface area (Å²) < 4.78 is 18.3. The summed E-state index contributed by atoms with van der Waals surface area (Å²) in [5.74, 6) is 0.344. The molecule has 0 aliphatic carbocycles. The van der Waals surface area contributed by atoms with Crippen molar-refractivity contribution in [2.75, 3.05) is 13.1 Å². The SMILES string of the molecule is CC(O)C1CCN(C(=O)Cc2coc(-c3ccc(F)cc3)n2)CC1. The molecule has 0 radical (unpaired) electrons. The van der Waals surface area contributed by atoms with Crippen LogP contribution in [0.5, 0.6) is 0 Å². The van der Waals surface area contributed by atoms with E-state index >= 15 is 0 Å². The van der Waals surface area contributed by atoms with Crippen LogP contribution in [-0.4, -0.2) is 40.1 Å². The van der Waals surface area contributed by atoms with Gasteiger partial charge < -0.3 is 14.4 Å². The van der Waals surface area contributed by atoms with Crippen LogP contribution in [0.15, 0.2) is 34.9 Å². The van der Waals surface area contributed by atoms with Crippen LogP contribution in [0.2, 0.25) is 0 Å². The molecule has 1 amide bonds. The molecule has 128 valence electrons. The molecule has 3 rings (SSSR count). The monoisotopic (exact) mass is 332 g/mol. The Bertz CT molecular complexity index is 689. The first-order chi connectivity index (χ1) is 11.5. The summed E-state index contributed by atoms with van der Waals surface area (Å²) in [4.78, 5) is 18.5. The minimum absolute atomic E-state index is 0.0120. The molecule has 1 saturated heterocycles. The van der Waals surface area contributed by atoms with Crippen molar-refractivity contribution in [2.45, 2.75) is 32.3 Å². The van der Waals surface area contributed by atoms with E-state index in [2.05, 4.69) is 4.98 Å². The van der Waals surface area contributed by atoms with Crippen LogP contribution < -0.4 is 0 Å². The Balaban J connectivity index is 1.59. The van der Waals surface area contributed by atoms with E-state index in [1.54, 1.807) is 19.1 Å². The first kappa shape index (κ1) is 16.6. The molecule has 0 spiro atoms. The lowest BCUT2D eigenvalue weighted by Crippen LogP contribution is -2.41. The molecule has 1 unspecified atom stereocenters. The van der Waals surface area contributed by atoms with Crippen molar-refractivity contribution in [2.24, 2.45) is 5.92 Å². The van der Waals surface area contributed by atoms with Gasteiger partial charge in [0.1, 0.15) is 12.1 Å². The number of nitrogens with zero attached hydrogens (tertiary/aromatic N) is 2. The quantitative estimate of drug-likeness (QED) is 0.935. The smallest absolute Gasteiger partial charge is 0.228 e. The van der Waals surface area contributed by atoms with E-state index in [1.807, 2.05) is 4.90 Å². The van der Waals surface area contributed by atoms with E-state index in [-0.39, 0.29) is 30.2 Å². The molecule has 2 heterocycles. The second-order valence-electron chi connectivity index (χ2n) is 6.29. The molecule has 1 fully saturated rings. The maximum Gasteiger partial charge on any atom is 0.228 e. The van der Waals surface area contributed by atoms with Gasteiger partial charge in [0.25, 0.3) is 0 Å². The van der Waals surface area contributed by atoms with E-state index in [0.717, 1.165) is 12.8 Å². The minimum Gasteiger partial charge on any atom is -0.444 e. The maximum absolute atomic E-state index is 12.9. The molecule has 1 aliphatic rings. The topological polar surface area (TPSA) is 66.6 Å². The fourth-order valence-electron chi connectivity index (χ4n) is 3.01. The van der Waals surface area contributed by atoms with Gasteiger partial charge >= 0.3 is 0 Å². The molecule has 2 aromatic rings. The highest BCUT2D eigenvalue weighted by Crippen LogP contribution is 2.22. The summed E-state index contributed by atoms with van der Waals surface area (Å²) in [7, 11) is 0. The number of aliphatic hydroxyl groups excluding tert-OH is 1. The van der Waals surface area contributed by atoms with Crippen LogP contribution in [0.1, 0.15) is 25.5 Å². The van der Waals surface area contributed by atoms with Gasteiger partial charge in [-0.05, 0) is 49.9 Å². The second kappa shape index (κ2) is 7.13. The van der Waals surface area contributed by atoms with Crippen molar-refractivity contribution >= 4 is 5.91 Å². The van der Waals surface area contributed by atoms with Gasteiger partial charge in [0, 0.05) is 18.7 Å². The molecular formula is C18H21FN2O3. The largest absolute Gasteiger partial charge is 0.444 e. The Morgan fingerprint density at radius 3 is 2.67 bits per heavy atom. The number of hydrogen-bond acceptors (Lipinski definition) is 4. The number of amides is 1. The number of carbonyl (C=O) groups is 1. The van der Waals surface area contributed by atoms with Crippen molar-refractivity contribution in [1.82, 2.24) is 9.88 Å². The molecule has 1 atom stereocenters. The molecule has 1 aromatic carbocycles. The van der Waals surface area contributed by atoms with Gasteiger partial charge in [-0.1, -0.05) is 0 Å². The zero-order valence-corrected chi connectivity index (χ0v) is 13.6. The Hall–Kier alpha value is -2.21. The Labute approximate surface area is 140 Å². The fraction of sp³-hybridized carbons (Fsp3) is 0.444. The molecule has 1 aliphatic heterocycles. The highest BCUT2D eigenvalue weighted by molar-refractivity contribution is 5.78. The third-order valence-electron chi connectivity index (χ3n) is 4.55. The summed E-state index contributed by atoms with van der Waals surface area (Å²) >= 11 is 0. The van der Waals surface area contributed by atoms with E-state index < -0.39 is 0 Å². The van der Waals surface area contributed by atoms with E-state index in [9.17, 15) is 14.3 Å². The number of likely N-dealkylation sites (tertiary alicyclic amines) is 1. The van der Waals surface area contributed by atoms with Gasteiger partial charge in [-0.2, -0.15) is 0 Å². The predicted octanol–water partition coefficient (Wildman–Crippen LogP) is 2.64. The summed E-state index contributed by atoms with van der Waals surface area (Å²) in [5, 5.41) is 9.62. The van der Waals surface area contributed by atoms with Gasteiger partial charge in [0.2, 0.25) is 11.8 Å². The van der Waals surface area contributed by atoms with Crippen LogP contribution in [0.25, 0.3) is 11.5 Å². The molecule has 5 nitrogen and oxygen atoms in total. The van der Waals surface area contributed by atoms with Crippen LogP contribution in [-0.2, 0) is 11.2 Å². The molecule has 0 bridgehead atoms. The summed E-state index contributed by atoms with van der Waals surface area (Å²) in [6, 6.07) is 5.87. The van der Waals surface area contributed by atoms with Gasteiger partial charge in [-0.15, -0.1) is 0 Å². The number of halogens is 1. The predicted molar refractivity (Wildman–Crippen MR) is 86.6 cm³/mol. The lowest BCUT2D eigenvalue weighted by Gasteiger charge is -2.33. The molecule has 6 heteroatoms. The lowest BCUT2D eigenvalue weighted by molar-refractivity contribution is -0.132. The van der Waals surface area contributed by atoms with Gasteiger partial charge in [0.05, 0.1) is 18.2 Å². The van der Waals surface area contributed by atoms with Gasteiger partial charge in [-0.25, -0.2) is 9.37 Å². The number of aliphatic hydroxyl groups is 1. The number of carbonyl (C=O) groups excluding carboxylic acids is 1. The van der Waals surface area contributed by atoms with Gasteiger partial charge in [-0.3, -0.25) is 4.79 Å². The van der Waals surface area contributed by atoms with Crippen molar-refractivity contribution in [3.8, 4) is 11.5 Å². The number of benzene rings is 1. The minimum atomic E-state index is -0.323. The summed E-state index contributed by atoms with van der Waals surface area (Å²) in [6.07, 6.45) is 2.98. The Morgan fingerprint density at radius 1 is 1.38 bits per heavy atom. The number of oxazole rings is 1. The number of piperidine rings is 1. The zero-order valence-electron chi connectivity index (χ0n) is 13.6. The normalized spacial score (nSPS) is 17.0. The van der Waals surface area contributed by atoms with Crippen molar-refractivity contribution in [3.05, 3.63) is 42.0 Å². The average molecular weight is 332 g/mol. The van der Waals surface area contributed by atoms with Crippen LogP contribution in [0, 0.1) is 11.7 Å². The summed E-state index contributed by atoms with van der Waals surface area (Å²) in [6.45, 7) is 3.13. The first-order valence-corrected chi connectivity index (χ1v) is 8.19. The third-order valence-corrected chi connectivity index (χ3v) is 4.55. The van der Waals surface area contributed by atoms with Crippen LogP contribution >= 0.6 is 0 Å². The van der Waals surface area contributed by atoms with Crippen molar-refractivity contribution in [3.63, 3.8) is 0 Å². The maximum atomic E-state index is 12.9. The molecule has 1 aromatic heterocycles.